The van der Waals surface area contributed by atoms with Crippen LogP contribution in [0.1, 0.15) is 11.4 Å². The van der Waals surface area contributed by atoms with Gasteiger partial charge in [0.2, 0.25) is 11.6 Å². The van der Waals surface area contributed by atoms with Crippen molar-refractivity contribution < 1.29 is 17.7 Å². The van der Waals surface area contributed by atoms with E-state index in [0.29, 0.717) is 22.5 Å². The number of hydrogen-bond donors (Lipinski definition) is 0. The predicted molar refractivity (Wildman–Crippen MR) is 106 cm³/mol. The molecule has 0 saturated carbocycles. The molecule has 6 nitrogen and oxygen atoms in total. The summed E-state index contributed by atoms with van der Waals surface area (Å²) in [5, 5.41) is 11.7. The number of rotatable bonds is 5. The summed E-state index contributed by atoms with van der Waals surface area (Å²) in [5.41, 5.74) is 2.34. The van der Waals surface area contributed by atoms with Gasteiger partial charge in [-0.3, -0.25) is 0 Å². The Hall–Kier alpha value is -2.85. The third kappa shape index (κ3) is 4.34. The molecular formula is C19H13ClF3N5OS. The van der Waals surface area contributed by atoms with Gasteiger partial charge in [-0.2, -0.15) is 18.2 Å². The van der Waals surface area contributed by atoms with Gasteiger partial charge in [0, 0.05) is 29.0 Å². The van der Waals surface area contributed by atoms with Crippen LogP contribution < -0.4 is 0 Å². The first kappa shape index (κ1) is 20.4. The average Bonchev–Trinajstić information content (AvgIpc) is 3.34. The van der Waals surface area contributed by atoms with Gasteiger partial charge in [0.25, 0.3) is 5.89 Å². The van der Waals surface area contributed by atoms with Gasteiger partial charge in [0.05, 0.1) is 0 Å². The summed E-state index contributed by atoms with van der Waals surface area (Å²) < 4.78 is 44.8. The van der Waals surface area contributed by atoms with Crippen LogP contribution in [0.2, 0.25) is 5.02 Å². The van der Waals surface area contributed by atoms with Crippen molar-refractivity contribution in [2.45, 2.75) is 17.1 Å². The van der Waals surface area contributed by atoms with E-state index in [1.54, 1.807) is 24.3 Å². The number of halogens is 4. The molecule has 30 heavy (non-hydrogen) atoms. The summed E-state index contributed by atoms with van der Waals surface area (Å²) in [4.78, 5) is 4.41. The van der Waals surface area contributed by atoms with Crippen LogP contribution in [0, 0.1) is 0 Å². The first-order valence-electron chi connectivity index (χ1n) is 8.59. The molecule has 0 saturated heterocycles. The van der Waals surface area contributed by atoms with Crippen LogP contribution in [0.3, 0.4) is 0 Å². The molecule has 0 N–H and O–H groups in total. The van der Waals surface area contributed by atoms with Crippen LogP contribution in [0.4, 0.5) is 13.2 Å². The van der Waals surface area contributed by atoms with Gasteiger partial charge in [-0.05, 0) is 35.9 Å². The fraction of sp³-hybridized carbons (Fsp3) is 0.158. The van der Waals surface area contributed by atoms with Crippen LogP contribution in [0.5, 0.6) is 0 Å². The second-order valence-electron chi connectivity index (χ2n) is 6.28. The van der Waals surface area contributed by atoms with Crippen LogP contribution in [0.15, 0.2) is 58.2 Å². The Bertz CT molecular complexity index is 1170. The molecule has 0 aliphatic heterocycles. The van der Waals surface area contributed by atoms with E-state index in [-0.39, 0.29) is 5.16 Å². The molecule has 4 aromatic rings. The SMILES string of the molecule is Cn1c(SCc2cccc(-c3noc(-c4ccc(Cl)cc4)n3)c2)nnc1C(F)(F)F. The van der Waals surface area contributed by atoms with Crippen molar-refractivity contribution >= 4 is 23.4 Å². The molecule has 0 atom stereocenters. The Kier molecular flexibility index (Phi) is 5.52. The van der Waals surface area contributed by atoms with E-state index in [1.165, 1.54) is 7.05 Å². The number of aromatic nitrogens is 5. The molecule has 0 amide bonds. The highest BCUT2D eigenvalue weighted by atomic mass is 35.5. The normalized spacial score (nSPS) is 11.8. The lowest BCUT2D eigenvalue weighted by atomic mass is 10.1. The molecule has 0 aliphatic carbocycles. The molecule has 2 aromatic heterocycles. The fourth-order valence-corrected chi connectivity index (χ4v) is 3.67. The van der Waals surface area contributed by atoms with Crippen LogP contribution >= 0.6 is 23.4 Å². The highest BCUT2D eigenvalue weighted by Crippen LogP contribution is 2.31. The quantitative estimate of drug-likeness (QED) is 0.373. The Morgan fingerprint density at radius 2 is 1.83 bits per heavy atom. The van der Waals surface area contributed by atoms with Crippen molar-refractivity contribution in [3.05, 3.63) is 64.9 Å². The zero-order valence-corrected chi connectivity index (χ0v) is 17.0. The number of hydrogen-bond acceptors (Lipinski definition) is 6. The van der Waals surface area contributed by atoms with Crippen molar-refractivity contribution in [1.82, 2.24) is 24.9 Å². The molecule has 0 radical (unpaired) electrons. The fourth-order valence-electron chi connectivity index (χ4n) is 2.69. The van der Waals surface area contributed by atoms with E-state index >= 15 is 0 Å². The molecule has 0 unspecified atom stereocenters. The van der Waals surface area contributed by atoms with Gasteiger partial charge >= 0.3 is 6.18 Å². The van der Waals surface area contributed by atoms with Crippen LogP contribution in [-0.4, -0.2) is 24.9 Å². The van der Waals surface area contributed by atoms with Gasteiger partial charge in [-0.25, -0.2) is 0 Å². The van der Waals surface area contributed by atoms with Crippen molar-refractivity contribution in [3.63, 3.8) is 0 Å². The first-order valence-corrected chi connectivity index (χ1v) is 9.96. The summed E-state index contributed by atoms with van der Waals surface area (Å²) in [7, 11) is 1.29. The monoisotopic (exact) mass is 451 g/mol. The number of nitrogens with zero attached hydrogens (tertiary/aromatic N) is 5. The van der Waals surface area contributed by atoms with Crippen molar-refractivity contribution in [2.24, 2.45) is 7.05 Å². The molecule has 0 aliphatic rings. The topological polar surface area (TPSA) is 69.6 Å². The van der Waals surface area contributed by atoms with Gasteiger partial charge in [-0.15, -0.1) is 10.2 Å². The van der Waals surface area contributed by atoms with E-state index in [9.17, 15) is 13.2 Å². The maximum absolute atomic E-state index is 12.8. The lowest BCUT2D eigenvalue weighted by molar-refractivity contribution is -0.147. The molecular weight excluding hydrogens is 439 g/mol. The van der Waals surface area contributed by atoms with Crippen LogP contribution in [0.25, 0.3) is 22.8 Å². The Morgan fingerprint density at radius 3 is 2.53 bits per heavy atom. The van der Waals surface area contributed by atoms with Gasteiger partial charge in [-0.1, -0.05) is 46.7 Å². The molecule has 154 valence electrons. The number of benzene rings is 2. The number of alkyl halides is 3. The summed E-state index contributed by atoms with van der Waals surface area (Å²) >= 11 is 7.05. The van der Waals surface area contributed by atoms with E-state index in [2.05, 4.69) is 20.3 Å². The Labute approximate surface area is 178 Å². The summed E-state index contributed by atoms with van der Waals surface area (Å²) in [6.07, 6.45) is -4.54. The summed E-state index contributed by atoms with van der Waals surface area (Å²) in [5.74, 6) is 0.143. The van der Waals surface area contributed by atoms with Crippen molar-refractivity contribution in [2.75, 3.05) is 0 Å². The Balaban J connectivity index is 1.50. The first-order chi connectivity index (χ1) is 14.3. The molecule has 0 spiro atoms. The molecule has 2 heterocycles. The minimum Gasteiger partial charge on any atom is -0.334 e. The van der Waals surface area contributed by atoms with Crippen molar-refractivity contribution in [3.8, 4) is 22.8 Å². The van der Waals surface area contributed by atoms with E-state index in [0.717, 1.165) is 33.0 Å². The average molecular weight is 452 g/mol. The van der Waals surface area contributed by atoms with Crippen molar-refractivity contribution in [1.29, 1.82) is 0 Å². The highest BCUT2D eigenvalue weighted by molar-refractivity contribution is 7.98. The highest BCUT2D eigenvalue weighted by Gasteiger charge is 2.37. The lowest BCUT2D eigenvalue weighted by Gasteiger charge is -2.06. The smallest absolute Gasteiger partial charge is 0.334 e. The summed E-state index contributed by atoms with van der Waals surface area (Å²) in [6, 6.07) is 14.4. The molecule has 2 aromatic carbocycles. The van der Waals surface area contributed by atoms with E-state index in [1.807, 2.05) is 24.3 Å². The summed E-state index contributed by atoms with van der Waals surface area (Å²) in [6.45, 7) is 0. The van der Waals surface area contributed by atoms with E-state index < -0.39 is 12.0 Å². The molecule has 0 fully saturated rings. The zero-order chi connectivity index (χ0) is 21.3. The Morgan fingerprint density at radius 1 is 1.07 bits per heavy atom. The maximum Gasteiger partial charge on any atom is 0.451 e. The standard InChI is InChI=1S/C19H13ClF3N5OS/c1-28-17(19(21,22)23)25-26-18(28)30-10-11-3-2-4-13(9-11)15-24-16(29-27-15)12-5-7-14(20)8-6-12/h2-9H,10H2,1H3. The van der Waals surface area contributed by atoms with Gasteiger partial charge in [0.1, 0.15) is 0 Å². The minimum absolute atomic E-state index is 0.178. The zero-order valence-electron chi connectivity index (χ0n) is 15.4. The lowest BCUT2D eigenvalue weighted by Crippen LogP contribution is -2.12. The molecule has 4 rings (SSSR count). The predicted octanol–water partition coefficient (Wildman–Crippen LogP) is 5.50. The van der Waals surface area contributed by atoms with Gasteiger partial charge < -0.3 is 9.09 Å². The molecule has 11 heteroatoms. The minimum atomic E-state index is -4.54. The second-order valence-corrected chi connectivity index (χ2v) is 7.66. The van der Waals surface area contributed by atoms with E-state index in [4.69, 9.17) is 16.1 Å². The maximum atomic E-state index is 12.8. The number of thioether (sulfide) groups is 1. The third-order valence-corrected chi connectivity index (χ3v) is 5.50. The van der Waals surface area contributed by atoms with Gasteiger partial charge in [0.15, 0.2) is 5.16 Å². The van der Waals surface area contributed by atoms with Crippen LogP contribution in [-0.2, 0) is 19.0 Å². The largest absolute Gasteiger partial charge is 0.451 e. The third-order valence-electron chi connectivity index (χ3n) is 4.16. The second kappa shape index (κ2) is 8.11. The molecule has 0 bridgehead atoms.